The average molecular weight is 338 g/mol. The monoisotopic (exact) mass is 337 g/mol. The molecular weight excluding hydrogens is 321 g/mol. The summed E-state index contributed by atoms with van der Waals surface area (Å²) in [6.07, 6.45) is 0. The Morgan fingerprint density at radius 3 is 2.60 bits per heavy atom. The maximum absolute atomic E-state index is 13.9. The molecule has 0 saturated heterocycles. The summed E-state index contributed by atoms with van der Waals surface area (Å²) in [5.74, 6) is -0.0903. The van der Waals surface area contributed by atoms with Gasteiger partial charge in [-0.2, -0.15) is 0 Å². The van der Waals surface area contributed by atoms with Crippen LogP contribution in [0.25, 0.3) is 0 Å². The molecule has 2 aromatic carbocycles. The van der Waals surface area contributed by atoms with E-state index < -0.39 is 0 Å². The number of rotatable bonds is 4. The predicted molar refractivity (Wildman–Crippen MR) is 82.7 cm³/mol. The highest BCUT2D eigenvalue weighted by Gasteiger charge is 2.17. The molecule has 1 N–H and O–H groups in total. The largest absolute Gasteiger partial charge is 0.494 e. The summed E-state index contributed by atoms with van der Waals surface area (Å²) in [5, 5.41) is 3.24. The van der Waals surface area contributed by atoms with E-state index in [1.165, 1.54) is 13.2 Å². The van der Waals surface area contributed by atoms with Crippen molar-refractivity contribution in [3.8, 4) is 5.75 Å². The summed E-state index contributed by atoms with van der Waals surface area (Å²) in [5.41, 5.74) is 3.13. The first-order valence-electron chi connectivity index (χ1n) is 6.34. The van der Waals surface area contributed by atoms with Crippen molar-refractivity contribution in [1.82, 2.24) is 5.32 Å². The first-order chi connectivity index (χ1) is 9.58. The van der Waals surface area contributed by atoms with E-state index in [0.717, 1.165) is 21.2 Å². The molecule has 0 aliphatic carbocycles. The van der Waals surface area contributed by atoms with Crippen molar-refractivity contribution in [2.24, 2.45) is 0 Å². The lowest BCUT2D eigenvalue weighted by Crippen LogP contribution is -2.19. The van der Waals surface area contributed by atoms with Crippen molar-refractivity contribution in [3.63, 3.8) is 0 Å². The van der Waals surface area contributed by atoms with Gasteiger partial charge in [0.25, 0.3) is 0 Å². The molecule has 0 heterocycles. The van der Waals surface area contributed by atoms with Crippen LogP contribution in [0.5, 0.6) is 5.75 Å². The fourth-order valence-corrected chi connectivity index (χ4v) is 2.68. The molecule has 4 heteroatoms. The third kappa shape index (κ3) is 2.86. The van der Waals surface area contributed by atoms with Crippen LogP contribution in [0.2, 0.25) is 0 Å². The lowest BCUT2D eigenvalue weighted by atomic mass is 9.95. The molecule has 0 aliphatic heterocycles. The number of nitrogens with one attached hydrogen (secondary N) is 1. The van der Waals surface area contributed by atoms with Crippen LogP contribution in [-0.4, -0.2) is 14.2 Å². The molecule has 0 fully saturated rings. The summed E-state index contributed by atoms with van der Waals surface area (Å²) in [7, 11) is 3.33. The molecule has 1 atom stereocenters. The van der Waals surface area contributed by atoms with Crippen molar-refractivity contribution < 1.29 is 9.13 Å². The maximum atomic E-state index is 13.9. The van der Waals surface area contributed by atoms with Gasteiger partial charge in [-0.05, 0) is 48.9 Å². The first kappa shape index (κ1) is 15.0. The fourth-order valence-electron chi connectivity index (χ4n) is 2.30. The summed E-state index contributed by atoms with van der Waals surface area (Å²) in [6.45, 7) is 2.05. The fraction of sp³-hybridized carbons (Fsp3) is 0.250. The second-order valence-corrected chi connectivity index (χ2v) is 5.42. The number of hydrogen-bond donors (Lipinski definition) is 1. The summed E-state index contributed by atoms with van der Waals surface area (Å²) < 4.78 is 19.9. The SMILES string of the molecule is CNC(c1ccc(OC)c(F)c1)c1cccc(Br)c1C. The highest BCUT2D eigenvalue weighted by atomic mass is 79.9. The van der Waals surface area contributed by atoms with E-state index in [2.05, 4.69) is 21.2 Å². The van der Waals surface area contributed by atoms with Gasteiger partial charge in [-0.1, -0.05) is 34.1 Å². The number of ether oxygens (including phenoxy) is 1. The molecule has 0 radical (unpaired) electrons. The molecule has 2 aromatic rings. The summed E-state index contributed by atoms with van der Waals surface area (Å²) >= 11 is 3.53. The molecule has 106 valence electrons. The lowest BCUT2D eigenvalue weighted by molar-refractivity contribution is 0.386. The van der Waals surface area contributed by atoms with E-state index in [1.54, 1.807) is 6.07 Å². The van der Waals surface area contributed by atoms with Crippen LogP contribution in [0.15, 0.2) is 40.9 Å². The van der Waals surface area contributed by atoms with E-state index in [9.17, 15) is 4.39 Å². The Kier molecular flexibility index (Phi) is 4.78. The minimum atomic E-state index is -0.349. The number of methoxy groups -OCH3 is 1. The molecule has 0 bridgehead atoms. The zero-order valence-electron chi connectivity index (χ0n) is 11.7. The zero-order valence-corrected chi connectivity index (χ0v) is 13.3. The Hall–Kier alpha value is -1.39. The molecule has 0 saturated carbocycles. The van der Waals surface area contributed by atoms with Crippen molar-refractivity contribution in [2.45, 2.75) is 13.0 Å². The van der Waals surface area contributed by atoms with Gasteiger partial charge in [0.2, 0.25) is 0 Å². The third-order valence-corrected chi connectivity index (χ3v) is 4.28. The van der Waals surface area contributed by atoms with Gasteiger partial charge in [0.05, 0.1) is 13.2 Å². The van der Waals surface area contributed by atoms with Crippen LogP contribution in [0, 0.1) is 12.7 Å². The Labute approximate surface area is 127 Å². The molecule has 2 rings (SSSR count). The highest BCUT2D eigenvalue weighted by molar-refractivity contribution is 9.10. The number of halogens is 2. The molecule has 1 unspecified atom stereocenters. The second kappa shape index (κ2) is 6.37. The topological polar surface area (TPSA) is 21.3 Å². The number of hydrogen-bond acceptors (Lipinski definition) is 2. The maximum Gasteiger partial charge on any atom is 0.165 e. The normalized spacial score (nSPS) is 12.2. The molecule has 2 nitrogen and oxygen atoms in total. The van der Waals surface area contributed by atoms with Crippen LogP contribution < -0.4 is 10.1 Å². The zero-order chi connectivity index (χ0) is 14.7. The van der Waals surface area contributed by atoms with Crippen LogP contribution in [0.3, 0.4) is 0 Å². The molecule has 0 spiro atoms. The van der Waals surface area contributed by atoms with E-state index in [0.29, 0.717) is 0 Å². The quantitative estimate of drug-likeness (QED) is 0.902. The molecule has 0 amide bonds. The van der Waals surface area contributed by atoms with Gasteiger partial charge in [0, 0.05) is 4.47 Å². The van der Waals surface area contributed by atoms with Crippen LogP contribution in [0.4, 0.5) is 4.39 Å². The highest BCUT2D eigenvalue weighted by Crippen LogP contribution is 2.30. The average Bonchev–Trinajstić information content (AvgIpc) is 2.44. The predicted octanol–water partition coefficient (Wildman–Crippen LogP) is 4.21. The van der Waals surface area contributed by atoms with Gasteiger partial charge in [-0.25, -0.2) is 4.39 Å². The second-order valence-electron chi connectivity index (χ2n) is 4.57. The van der Waals surface area contributed by atoms with Crippen LogP contribution >= 0.6 is 15.9 Å². The molecular formula is C16H17BrFNO. The van der Waals surface area contributed by atoms with Crippen molar-refractivity contribution in [3.05, 3.63) is 63.4 Å². The van der Waals surface area contributed by atoms with Crippen molar-refractivity contribution in [2.75, 3.05) is 14.2 Å². The number of benzene rings is 2. The van der Waals surface area contributed by atoms with Crippen LogP contribution in [0.1, 0.15) is 22.7 Å². The van der Waals surface area contributed by atoms with Crippen LogP contribution in [-0.2, 0) is 0 Å². The standard InChI is InChI=1S/C16H17BrFNO/c1-10-12(5-4-6-13(10)17)16(19-2)11-7-8-15(20-3)14(18)9-11/h4-9,16,19H,1-3H3. The van der Waals surface area contributed by atoms with Crippen molar-refractivity contribution >= 4 is 15.9 Å². The van der Waals surface area contributed by atoms with Gasteiger partial charge in [0.1, 0.15) is 0 Å². The van der Waals surface area contributed by atoms with Gasteiger partial charge < -0.3 is 10.1 Å². The smallest absolute Gasteiger partial charge is 0.165 e. The van der Waals surface area contributed by atoms with Gasteiger partial charge in [-0.3, -0.25) is 0 Å². The minimum Gasteiger partial charge on any atom is -0.494 e. The van der Waals surface area contributed by atoms with Crippen molar-refractivity contribution in [1.29, 1.82) is 0 Å². The van der Waals surface area contributed by atoms with E-state index >= 15 is 0 Å². The van der Waals surface area contributed by atoms with E-state index in [4.69, 9.17) is 4.74 Å². The first-order valence-corrected chi connectivity index (χ1v) is 7.13. The Balaban J connectivity index is 2.47. The van der Waals surface area contributed by atoms with Gasteiger partial charge in [0.15, 0.2) is 11.6 Å². The van der Waals surface area contributed by atoms with E-state index in [1.807, 2.05) is 38.2 Å². The minimum absolute atomic E-state index is 0.0621. The Morgan fingerprint density at radius 2 is 2.00 bits per heavy atom. The van der Waals surface area contributed by atoms with Gasteiger partial charge in [-0.15, -0.1) is 0 Å². The lowest BCUT2D eigenvalue weighted by Gasteiger charge is -2.20. The molecule has 20 heavy (non-hydrogen) atoms. The summed E-state index contributed by atoms with van der Waals surface area (Å²) in [6, 6.07) is 11.0. The molecule has 0 aliphatic rings. The van der Waals surface area contributed by atoms with Gasteiger partial charge >= 0.3 is 0 Å². The Morgan fingerprint density at radius 1 is 1.25 bits per heavy atom. The molecule has 0 aromatic heterocycles. The van der Waals surface area contributed by atoms with E-state index in [-0.39, 0.29) is 17.6 Å². The summed E-state index contributed by atoms with van der Waals surface area (Å²) in [4.78, 5) is 0. The Bertz CT molecular complexity index is 615. The third-order valence-electron chi connectivity index (χ3n) is 3.42.